The molecule has 10 heteroatoms. The van der Waals surface area contributed by atoms with Gasteiger partial charge in [-0.3, -0.25) is 0 Å². The maximum Gasteiger partial charge on any atom is 0.337 e. The highest BCUT2D eigenvalue weighted by Crippen LogP contribution is 2.32. The SMILES string of the molecule is COC(=O)c1cc(-c2cccc(S(C)(=O)=O)c2)c2nc(C)n(C/C(F)=C/CN)c2c1.Cl. The van der Waals surface area contributed by atoms with E-state index in [-0.39, 0.29) is 36.0 Å². The number of benzene rings is 2. The summed E-state index contributed by atoms with van der Waals surface area (Å²) in [4.78, 5) is 17.0. The second-order valence-corrected chi connectivity index (χ2v) is 8.83. The molecule has 0 spiro atoms. The molecule has 0 saturated heterocycles. The van der Waals surface area contributed by atoms with Gasteiger partial charge in [0.15, 0.2) is 9.84 Å². The molecule has 0 bridgehead atoms. The number of imidazole rings is 1. The number of hydrogen-bond donors (Lipinski definition) is 1. The Morgan fingerprint density at radius 1 is 1.29 bits per heavy atom. The number of carbonyl (C=O) groups is 1. The van der Waals surface area contributed by atoms with Gasteiger partial charge in [0, 0.05) is 18.4 Å². The van der Waals surface area contributed by atoms with Crippen molar-refractivity contribution in [3.8, 4) is 11.1 Å². The van der Waals surface area contributed by atoms with Crippen LogP contribution in [0.2, 0.25) is 0 Å². The highest BCUT2D eigenvalue weighted by atomic mass is 35.5. The summed E-state index contributed by atoms with van der Waals surface area (Å²) in [6.45, 7) is 1.70. The first-order valence-corrected chi connectivity index (χ1v) is 11.0. The van der Waals surface area contributed by atoms with Gasteiger partial charge in [-0.2, -0.15) is 0 Å². The third-order valence-corrected chi connectivity index (χ3v) is 5.80. The number of sulfone groups is 1. The molecule has 0 atom stereocenters. The number of esters is 1. The van der Waals surface area contributed by atoms with Crippen LogP contribution in [0.15, 0.2) is 53.2 Å². The Labute approximate surface area is 186 Å². The molecule has 1 aromatic heterocycles. The van der Waals surface area contributed by atoms with E-state index in [1.165, 1.54) is 25.3 Å². The molecule has 0 aliphatic carbocycles. The molecular weight excluding hydrogens is 445 g/mol. The second kappa shape index (κ2) is 9.59. The number of aromatic nitrogens is 2. The van der Waals surface area contributed by atoms with Crippen molar-refractivity contribution in [2.24, 2.45) is 5.73 Å². The molecule has 31 heavy (non-hydrogen) atoms. The number of allylic oxidation sites excluding steroid dienone is 1. The fraction of sp³-hybridized carbons (Fsp3) is 0.238. The lowest BCUT2D eigenvalue weighted by Gasteiger charge is -2.10. The van der Waals surface area contributed by atoms with Crippen LogP contribution < -0.4 is 5.73 Å². The van der Waals surface area contributed by atoms with E-state index >= 15 is 0 Å². The van der Waals surface area contributed by atoms with Gasteiger partial charge in [0.2, 0.25) is 0 Å². The standard InChI is InChI=1S/C21H22FN3O4S.ClH/c1-13-24-20-18(14-5-4-6-17(9-14)30(3,27)28)10-15(21(26)29-2)11-19(20)25(13)12-16(22)7-8-23;/h4-7,9-11H,8,12,23H2,1-3H3;1H/b16-7-;. The number of aryl methyl sites for hydroxylation is 1. The molecule has 2 aromatic carbocycles. The number of methoxy groups -OCH3 is 1. The van der Waals surface area contributed by atoms with Gasteiger partial charge in [-0.15, -0.1) is 12.4 Å². The Hall–Kier alpha value is -2.75. The van der Waals surface area contributed by atoms with Crippen LogP contribution in [-0.4, -0.2) is 43.8 Å². The number of carbonyl (C=O) groups excluding carboxylic acids is 1. The zero-order valence-corrected chi connectivity index (χ0v) is 18.9. The number of nitrogens with two attached hydrogens (primary N) is 1. The topological polar surface area (TPSA) is 104 Å². The first-order valence-electron chi connectivity index (χ1n) is 9.10. The summed E-state index contributed by atoms with van der Waals surface area (Å²) in [5, 5.41) is 0. The lowest BCUT2D eigenvalue weighted by molar-refractivity contribution is 0.0601. The molecule has 0 fully saturated rings. The van der Waals surface area contributed by atoms with Gasteiger partial charge < -0.3 is 15.0 Å². The van der Waals surface area contributed by atoms with E-state index in [0.717, 1.165) is 6.26 Å². The van der Waals surface area contributed by atoms with Crippen LogP contribution in [0.4, 0.5) is 4.39 Å². The molecule has 0 aliphatic heterocycles. The van der Waals surface area contributed by atoms with Crippen LogP contribution in [0.1, 0.15) is 16.2 Å². The van der Waals surface area contributed by atoms with Crippen LogP contribution in [0, 0.1) is 6.92 Å². The molecule has 3 rings (SSSR count). The number of ether oxygens (including phenoxy) is 1. The Morgan fingerprint density at radius 2 is 2.00 bits per heavy atom. The molecule has 1 heterocycles. The second-order valence-electron chi connectivity index (χ2n) is 6.81. The van der Waals surface area contributed by atoms with Crippen molar-refractivity contribution in [1.82, 2.24) is 9.55 Å². The van der Waals surface area contributed by atoms with Crippen molar-refractivity contribution in [3.05, 3.63) is 59.7 Å². The minimum absolute atomic E-state index is 0. The monoisotopic (exact) mass is 467 g/mol. The van der Waals surface area contributed by atoms with Crippen molar-refractivity contribution >= 4 is 39.2 Å². The van der Waals surface area contributed by atoms with Crippen molar-refractivity contribution in [2.45, 2.75) is 18.4 Å². The largest absolute Gasteiger partial charge is 0.465 e. The summed E-state index contributed by atoms with van der Waals surface area (Å²) < 4.78 is 44.6. The van der Waals surface area contributed by atoms with E-state index in [4.69, 9.17) is 10.5 Å². The number of nitrogens with zero attached hydrogens (tertiary/aromatic N) is 2. The first kappa shape index (κ1) is 24.5. The fourth-order valence-corrected chi connectivity index (χ4v) is 3.90. The predicted octanol–water partition coefficient (Wildman–Crippen LogP) is 3.44. The predicted molar refractivity (Wildman–Crippen MR) is 120 cm³/mol. The lowest BCUT2D eigenvalue weighted by atomic mass is 10.0. The Bertz CT molecular complexity index is 1270. The van der Waals surface area contributed by atoms with E-state index < -0.39 is 21.6 Å². The molecule has 0 amide bonds. The third kappa shape index (κ3) is 5.12. The molecule has 2 N–H and O–H groups in total. The van der Waals surface area contributed by atoms with Crippen LogP contribution in [0.5, 0.6) is 0 Å². The third-order valence-electron chi connectivity index (χ3n) is 4.69. The number of fused-ring (bicyclic) bond motifs is 1. The van der Waals surface area contributed by atoms with E-state index in [1.807, 2.05) is 0 Å². The van der Waals surface area contributed by atoms with Gasteiger partial charge in [0.25, 0.3) is 0 Å². The van der Waals surface area contributed by atoms with Crippen LogP contribution in [0.25, 0.3) is 22.2 Å². The number of hydrogen-bond acceptors (Lipinski definition) is 6. The van der Waals surface area contributed by atoms with Crippen molar-refractivity contribution in [3.63, 3.8) is 0 Å². The zero-order chi connectivity index (χ0) is 22.1. The quantitative estimate of drug-likeness (QED) is 0.557. The number of rotatable bonds is 6. The van der Waals surface area contributed by atoms with Gasteiger partial charge in [-0.05, 0) is 42.8 Å². The number of halogens is 2. The Morgan fingerprint density at radius 3 is 2.61 bits per heavy atom. The zero-order valence-electron chi connectivity index (χ0n) is 17.3. The summed E-state index contributed by atoms with van der Waals surface area (Å²) in [7, 11) is -2.16. The summed E-state index contributed by atoms with van der Waals surface area (Å²) in [5.41, 5.74) is 7.79. The van der Waals surface area contributed by atoms with Crippen molar-refractivity contribution in [2.75, 3.05) is 19.9 Å². The molecule has 7 nitrogen and oxygen atoms in total. The minimum Gasteiger partial charge on any atom is -0.465 e. The highest BCUT2D eigenvalue weighted by molar-refractivity contribution is 7.90. The maximum atomic E-state index is 14.2. The van der Waals surface area contributed by atoms with E-state index in [2.05, 4.69) is 4.98 Å². The van der Waals surface area contributed by atoms with E-state index in [0.29, 0.717) is 28.0 Å². The van der Waals surface area contributed by atoms with Gasteiger partial charge in [0.05, 0.1) is 35.1 Å². The average molecular weight is 468 g/mol. The Kier molecular flexibility index (Phi) is 7.58. The lowest BCUT2D eigenvalue weighted by Crippen LogP contribution is -2.05. The van der Waals surface area contributed by atoms with Gasteiger partial charge in [-0.25, -0.2) is 22.6 Å². The smallest absolute Gasteiger partial charge is 0.337 e. The van der Waals surface area contributed by atoms with Crippen LogP contribution in [0.3, 0.4) is 0 Å². The highest BCUT2D eigenvalue weighted by Gasteiger charge is 2.19. The fourth-order valence-electron chi connectivity index (χ4n) is 3.23. The molecule has 0 aliphatic rings. The molecular formula is C21H23ClFN3O4S. The van der Waals surface area contributed by atoms with Crippen LogP contribution in [-0.2, 0) is 21.1 Å². The summed E-state index contributed by atoms with van der Waals surface area (Å²) in [5.74, 6) is -0.460. The maximum absolute atomic E-state index is 14.2. The Balaban J connectivity index is 0.00000341. The molecule has 166 valence electrons. The first-order chi connectivity index (χ1) is 14.2. The van der Waals surface area contributed by atoms with Gasteiger partial charge in [0.1, 0.15) is 11.7 Å². The van der Waals surface area contributed by atoms with Crippen LogP contribution >= 0.6 is 12.4 Å². The average Bonchev–Trinajstić information content (AvgIpc) is 3.01. The summed E-state index contributed by atoms with van der Waals surface area (Å²) >= 11 is 0. The molecule has 0 saturated carbocycles. The van der Waals surface area contributed by atoms with E-state index in [1.54, 1.807) is 35.8 Å². The van der Waals surface area contributed by atoms with Gasteiger partial charge >= 0.3 is 5.97 Å². The molecule has 0 unspecified atom stereocenters. The molecule has 0 radical (unpaired) electrons. The molecule has 3 aromatic rings. The minimum atomic E-state index is -3.43. The van der Waals surface area contributed by atoms with Gasteiger partial charge in [-0.1, -0.05) is 12.1 Å². The van der Waals surface area contributed by atoms with Crippen molar-refractivity contribution < 1.29 is 22.3 Å². The van der Waals surface area contributed by atoms with Crippen molar-refractivity contribution in [1.29, 1.82) is 0 Å². The van der Waals surface area contributed by atoms with E-state index in [9.17, 15) is 17.6 Å². The normalized spacial score (nSPS) is 12.0. The summed E-state index contributed by atoms with van der Waals surface area (Å²) in [6.07, 6.45) is 2.39. The summed E-state index contributed by atoms with van der Waals surface area (Å²) in [6, 6.07) is 9.55.